The SMILES string of the molecule is COc1ccc(C(=O)C(C)C)c(-n2nccn2)c1. The number of hydrogen-bond acceptors (Lipinski definition) is 4. The van der Waals surface area contributed by atoms with Crippen molar-refractivity contribution >= 4 is 5.78 Å². The number of aromatic nitrogens is 3. The summed E-state index contributed by atoms with van der Waals surface area (Å²) in [6, 6.07) is 5.28. The normalized spacial score (nSPS) is 10.7. The van der Waals surface area contributed by atoms with E-state index in [4.69, 9.17) is 4.74 Å². The van der Waals surface area contributed by atoms with E-state index in [-0.39, 0.29) is 11.7 Å². The molecule has 0 unspecified atom stereocenters. The number of methoxy groups -OCH3 is 1. The van der Waals surface area contributed by atoms with Crippen molar-refractivity contribution in [3.8, 4) is 11.4 Å². The second-order valence-electron chi connectivity index (χ2n) is 4.22. The smallest absolute Gasteiger partial charge is 0.167 e. The van der Waals surface area contributed by atoms with Crippen LogP contribution in [0.1, 0.15) is 24.2 Å². The van der Waals surface area contributed by atoms with Crippen LogP contribution in [-0.2, 0) is 0 Å². The fourth-order valence-corrected chi connectivity index (χ4v) is 1.66. The van der Waals surface area contributed by atoms with Gasteiger partial charge >= 0.3 is 0 Å². The quantitative estimate of drug-likeness (QED) is 0.774. The molecular weight excluding hydrogens is 230 g/mol. The molecule has 0 aliphatic rings. The Morgan fingerprint density at radius 2 is 1.94 bits per heavy atom. The zero-order chi connectivity index (χ0) is 13.1. The minimum absolute atomic E-state index is 0.0601. The summed E-state index contributed by atoms with van der Waals surface area (Å²) in [7, 11) is 1.58. The molecule has 5 nitrogen and oxygen atoms in total. The molecule has 0 saturated carbocycles. The number of rotatable bonds is 4. The lowest BCUT2D eigenvalue weighted by Crippen LogP contribution is -2.13. The maximum atomic E-state index is 12.2. The Hall–Kier alpha value is -2.17. The lowest BCUT2D eigenvalue weighted by molar-refractivity contribution is 0.0939. The van der Waals surface area contributed by atoms with Crippen molar-refractivity contribution in [3.05, 3.63) is 36.2 Å². The fraction of sp³-hybridized carbons (Fsp3) is 0.308. The Labute approximate surface area is 105 Å². The van der Waals surface area contributed by atoms with E-state index >= 15 is 0 Å². The average molecular weight is 245 g/mol. The van der Waals surface area contributed by atoms with E-state index in [0.29, 0.717) is 17.0 Å². The van der Waals surface area contributed by atoms with Crippen LogP contribution in [0.2, 0.25) is 0 Å². The summed E-state index contributed by atoms with van der Waals surface area (Å²) in [4.78, 5) is 13.6. The van der Waals surface area contributed by atoms with Crippen LogP contribution in [0.15, 0.2) is 30.6 Å². The van der Waals surface area contributed by atoms with Crippen molar-refractivity contribution in [2.24, 2.45) is 5.92 Å². The minimum Gasteiger partial charge on any atom is -0.497 e. The second-order valence-corrected chi connectivity index (χ2v) is 4.22. The van der Waals surface area contributed by atoms with Crippen LogP contribution in [0, 0.1) is 5.92 Å². The first-order chi connectivity index (χ1) is 8.63. The van der Waals surface area contributed by atoms with E-state index < -0.39 is 0 Å². The second kappa shape index (κ2) is 5.00. The zero-order valence-electron chi connectivity index (χ0n) is 10.6. The molecular formula is C13H15N3O2. The van der Waals surface area contributed by atoms with Gasteiger partial charge in [-0.1, -0.05) is 13.8 Å². The lowest BCUT2D eigenvalue weighted by atomic mass is 9.99. The maximum absolute atomic E-state index is 12.2. The third-order valence-electron chi connectivity index (χ3n) is 2.63. The highest BCUT2D eigenvalue weighted by atomic mass is 16.5. The third-order valence-corrected chi connectivity index (χ3v) is 2.63. The van der Waals surface area contributed by atoms with Crippen molar-refractivity contribution in [2.45, 2.75) is 13.8 Å². The molecule has 94 valence electrons. The van der Waals surface area contributed by atoms with Gasteiger partial charge in [0.05, 0.1) is 19.5 Å². The fourth-order valence-electron chi connectivity index (χ4n) is 1.66. The molecule has 0 atom stereocenters. The predicted octanol–water partition coefficient (Wildman–Crippen LogP) is 2.11. The number of hydrogen-bond donors (Lipinski definition) is 0. The highest BCUT2D eigenvalue weighted by molar-refractivity contribution is 6.00. The van der Waals surface area contributed by atoms with Gasteiger partial charge in [-0.15, -0.1) is 0 Å². The van der Waals surface area contributed by atoms with Gasteiger partial charge in [0.1, 0.15) is 11.4 Å². The summed E-state index contributed by atoms with van der Waals surface area (Å²) in [5.41, 5.74) is 1.24. The number of benzene rings is 1. The molecule has 0 aliphatic heterocycles. The first kappa shape index (κ1) is 12.3. The van der Waals surface area contributed by atoms with Gasteiger partial charge in [0.25, 0.3) is 0 Å². The van der Waals surface area contributed by atoms with Crippen LogP contribution in [0.25, 0.3) is 5.69 Å². The van der Waals surface area contributed by atoms with Crippen LogP contribution in [0.3, 0.4) is 0 Å². The first-order valence-electron chi connectivity index (χ1n) is 5.72. The van der Waals surface area contributed by atoms with Gasteiger partial charge in [-0.3, -0.25) is 4.79 Å². The van der Waals surface area contributed by atoms with Crippen LogP contribution in [0.5, 0.6) is 5.75 Å². The van der Waals surface area contributed by atoms with E-state index in [2.05, 4.69) is 10.2 Å². The van der Waals surface area contributed by atoms with Gasteiger partial charge in [0.15, 0.2) is 5.78 Å². The molecule has 0 aliphatic carbocycles. The lowest BCUT2D eigenvalue weighted by Gasteiger charge is -2.11. The van der Waals surface area contributed by atoms with Crippen molar-refractivity contribution in [1.29, 1.82) is 0 Å². The Morgan fingerprint density at radius 3 is 2.50 bits per heavy atom. The van der Waals surface area contributed by atoms with Crippen LogP contribution in [0.4, 0.5) is 0 Å². The van der Waals surface area contributed by atoms with E-state index in [9.17, 15) is 4.79 Å². The monoisotopic (exact) mass is 245 g/mol. The summed E-state index contributed by atoms with van der Waals surface area (Å²) in [6.45, 7) is 3.74. The Morgan fingerprint density at radius 1 is 1.28 bits per heavy atom. The molecule has 0 amide bonds. The number of Topliss-reactive ketones (excluding diaryl/α,β-unsaturated/α-hetero) is 1. The molecule has 0 fully saturated rings. The predicted molar refractivity (Wildman–Crippen MR) is 67.1 cm³/mol. The molecule has 0 radical (unpaired) electrons. The maximum Gasteiger partial charge on any atom is 0.167 e. The van der Waals surface area contributed by atoms with Gasteiger partial charge in [0, 0.05) is 17.5 Å². The molecule has 1 aromatic carbocycles. The Balaban J connectivity index is 2.56. The van der Waals surface area contributed by atoms with Crippen molar-refractivity contribution in [3.63, 3.8) is 0 Å². The Kier molecular flexibility index (Phi) is 3.41. The first-order valence-corrected chi connectivity index (χ1v) is 5.72. The number of carbonyl (C=O) groups excluding carboxylic acids is 1. The summed E-state index contributed by atoms with van der Waals surface area (Å²) in [6.07, 6.45) is 3.15. The molecule has 2 aromatic rings. The largest absolute Gasteiger partial charge is 0.497 e. The van der Waals surface area contributed by atoms with Crippen molar-refractivity contribution in [1.82, 2.24) is 15.0 Å². The number of ketones is 1. The van der Waals surface area contributed by atoms with E-state index in [0.717, 1.165) is 0 Å². The Bertz CT molecular complexity index is 547. The summed E-state index contributed by atoms with van der Waals surface area (Å²) in [5, 5.41) is 8.12. The minimum atomic E-state index is -0.0762. The molecule has 0 saturated heterocycles. The van der Waals surface area contributed by atoms with Crippen LogP contribution < -0.4 is 4.74 Å². The summed E-state index contributed by atoms with van der Waals surface area (Å²) >= 11 is 0. The number of nitrogens with zero attached hydrogens (tertiary/aromatic N) is 3. The van der Waals surface area contributed by atoms with Crippen LogP contribution >= 0.6 is 0 Å². The average Bonchev–Trinajstić information content (AvgIpc) is 2.90. The molecule has 2 rings (SSSR count). The van der Waals surface area contributed by atoms with Gasteiger partial charge < -0.3 is 4.74 Å². The van der Waals surface area contributed by atoms with Gasteiger partial charge in [-0.2, -0.15) is 15.0 Å². The molecule has 18 heavy (non-hydrogen) atoms. The number of carbonyl (C=O) groups is 1. The molecule has 5 heteroatoms. The summed E-state index contributed by atoms with van der Waals surface area (Å²) in [5.74, 6) is 0.653. The summed E-state index contributed by atoms with van der Waals surface area (Å²) < 4.78 is 5.17. The van der Waals surface area contributed by atoms with Crippen molar-refractivity contribution < 1.29 is 9.53 Å². The molecule has 1 aromatic heterocycles. The molecule has 0 bridgehead atoms. The highest BCUT2D eigenvalue weighted by Crippen LogP contribution is 2.22. The molecule has 0 spiro atoms. The highest BCUT2D eigenvalue weighted by Gasteiger charge is 2.17. The van der Waals surface area contributed by atoms with Gasteiger partial charge in [-0.05, 0) is 12.1 Å². The molecule has 1 heterocycles. The van der Waals surface area contributed by atoms with E-state index in [1.165, 1.54) is 4.80 Å². The van der Waals surface area contributed by atoms with Gasteiger partial charge in [0.2, 0.25) is 0 Å². The van der Waals surface area contributed by atoms with E-state index in [1.807, 2.05) is 13.8 Å². The van der Waals surface area contributed by atoms with Gasteiger partial charge in [-0.25, -0.2) is 0 Å². The van der Waals surface area contributed by atoms with Crippen LogP contribution in [-0.4, -0.2) is 27.9 Å². The standard InChI is InChI=1S/C13H15N3O2/c1-9(2)13(17)11-5-4-10(18-3)8-12(11)16-14-6-7-15-16/h4-9H,1-3H3. The zero-order valence-corrected chi connectivity index (χ0v) is 10.6. The number of ether oxygens (including phenoxy) is 1. The van der Waals surface area contributed by atoms with E-state index in [1.54, 1.807) is 37.7 Å². The van der Waals surface area contributed by atoms with Crippen molar-refractivity contribution in [2.75, 3.05) is 7.11 Å². The topological polar surface area (TPSA) is 57.0 Å². The third kappa shape index (κ3) is 2.25. The molecule has 0 N–H and O–H groups in total.